The summed E-state index contributed by atoms with van der Waals surface area (Å²) in [6.45, 7) is 2.03. The summed E-state index contributed by atoms with van der Waals surface area (Å²) in [6.07, 6.45) is 1.17. The topological polar surface area (TPSA) is 42.2 Å². The van der Waals surface area contributed by atoms with Crippen molar-refractivity contribution in [2.24, 2.45) is 0 Å². The summed E-state index contributed by atoms with van der Waals surface area (Å²) in [4.78, 5) is 0. The Morgan fingerprint density at radius 2 is 2.00 bits per heavy atom. The number of halogens is 1. The Labute approximate surface area is 104 Å². The van der Waals surface area contributed by atoms with Crippen molar-refractivity contribution in [3.63, 3.8) is 0 Å². The van der Waals surface area contributed by atoms with Gasteiger partial charge in [0.1, 0.15) is 0 Å². The molecule has 0 aliphatic rings. The molecular weight excluding hydrogens is 270 g/mol. The van der Waals surface area contributed by atoms with Gasteiger partial charge >= 0.3 is 0 Å². The molecule has 1 rings (SSSR count). The molecule has 1 aromatic rings. The predicted molar refractivity (Wildman–Crippen MR) is 65.9 cm³/mol. The van der Waals surface area contributed by atoms with Crippen LogP contribution in [0.1, 0.15) is 18.1 Å². The van der Waals surface area contributed by atoms with E-state index in [0.29, 0.717) is 12.2 Å². The van der Waals surface area contributed by atoms with E-state index >= 15 is 0 Å². The van der Waals surface area contributed by atoms with E-state index in [9.17, 15) is 0 Å². The van der Waals surface area contributed by atoms with Crippen molar-refractivity contribution in [2.45, 2.75) is 19.8 Å². The minimum absolute atomic E-state index is 0.365. The Balaban J connectivity index is 3.46. The molecule has 0 N–H and O–H groups in total. The lowest BCUT2D eigenvalue weighted by molar-refractivity contribution is 0.351. The molecule has 0 aliphatic carbocycles. The zero-order valence-corrected chi connectivity index (χ0v) is 11.2. The number of hydrogen-bond donors (Lipinski definition) is 0. The Bertz CT molecular complexity index is 424. The lowest BCUT2D eigenvalue weighted by Gasteiger charge is -2.16. The van der Waals surface area contributed by atoms with Crippen molar-refractivity contribution in [2.75, 3.05) is 14.2 Å². The SMILES string of the molecule is CCc1c(CC#N)c(Br)cc(OC)c1OC. The zero-order valence-electron chi connectivity index (χ0n) is 9.63. The van der Waals surface area contributed by atoms with E-state index in [1.165, 1.54) is 0 Å². The summed E-state index contributed by atoms with van der Waals surface area (Å²) >= 11 is 3.46. The molecule has 0 spiro atoms. The zero-order chi connectivity index (χ0) is 12.1. The van der Waals surface area contributed by atoms with Crippen LogP contribution in [-0.2, 0) is 12.8 Å². The van der Waals surface area contributed by atoms with Gasteiger partial charge in [0.05, 0.1) is 26.7 Å². The molecular formula is C12H14BrNO2. The second-order valence-electron chi connectivity index (χ2n) is 3.24. The third kappa shape index (κ3) is 2.30. The third-order valence-electron chi connectivity index (χ3n) is 2.44. The van der Waals surface area contributed by atoms with Gasteiger partial charge in [-0.1, -0.05) is 22.9 Å². The minimum Gasteiger partial charge on any atom is -0.493 e. The van der Waals surface area contributed by atoms with Gasteiger partial charge in [-0.2, -0.15) is 5.26 Å². The van der Waals surface area contributed by atoms with Crippen molar-refractivity contribution < 1.29 is 9.47 Å². The van der Waals surface area contributed by atoms with Gasteiger partial charge in [0, 0.05) is 10.0 Å². The van der Waals surface area contributed by atoms with Crippen LogP contribution in [0, 0.1) is 11.3 Å². The Morgan fingerprint density at radius 3 is 2.44 bits per heavy atom. The first-order chi connectivity index (χ1) is 7.69. The number of hydrogen-bond acceptors (Lipinski definition) is 3. The fourth-order valence-corrected chi connectivity index (χ4v) is 2.30. The molecule has 0 unspecified atom stereocenters. The van der Waals surface area contributed by atoms with E-state index in [2.05, 4.69) is 22.0 Å². The lowest BCUT2D eigenvalue weighted by atomic mass is 10.0. The largest absolute Gasteiger partial charge is 0.493 e. The van der Waals surface area contributed by atoms with E-state index in [4.69, 9.17) is 14.7 Å². The quantitative estimate of drug-likeness (QED) is 0.853. The van der Waals surface area contributed by atoms with Gasteiger partial charge in [-0.3, -0.25) is 0 Å². The second kappa shape index (κ2) is 5.76. The first-order valence-corrected chi connectivity index (χ1v) is 5.78. The van der Waals surface area contributed by atoms with Crippen LogP contribution < -0.4 is 9.47 Å². The summed E-state index contributed by atoms with van der Waals surface area (Å²) in [5.74, 6) is 1.41. The first-order valence-electron chi connectivity index (χ1n) is 4.98. The molecule has 0 saturated carbocycles. The highest BCUT2D eigenvalue weighted by atomic mass is 79.9. The maximum atomic E-state index is 8.81. The summed E-state index contributed by atoms with van der Waals surface area (Å²) in [5, 5.41) is 8.81. The predicted octanol–water partition coefficient (Wildman–Crippen LogP) is 3.09. The number of rotatable bonds is 4. The molecule has 0 radical (unpaired) electrons. The Kier molecular flexibility index (Phi) is 4.63. The van der Waals surface area contributed by atoms with E-state index in [-0.39, 0.29) is 0 Å². The molecule has 0 bridgehead atoms. The molecule has 0 aromatic heterocycles. The molecule has 86 valence electrons. The highest BCUT2D eigenvalue weighted by Gasteiger charge is 2.16. The third-order valence-corrected chi connectivity index (χ3v) is 3.15. The van der Waals surface area contributed by atoms with Crippen LogP contribution >= 0.6 is 15.9 Å². The van der Waals surface area contributed by atoms with Crippen molar-refractivity contribution in [1.29, 1.82) is 5.26 Å². The van der Waals surface area contributed by atoms with Crippen LogP contribution in [0.5, 0.6) is 11.5 Å². The molecule has 3 nitrogen and oxygen atoms in total. The molecule has 0 aliphatic heterocycles. The molecule has 0 saturated heterocycles. The van der Waals surface area contributed by atoms with Crippen LogP contribution in [0.3, 0.4) is 0 Å². The van der Waals surface area contributed by atoms with Gasteiger partial charge < -0.3 is 9.47 Å². The molecule has 0 fully saturated rings. The second-order valence-corrected chi connectivity index (χ2v) is 4.09. The maximum absolute atomic E-state index is 8.81. The average Bonchev–Trinajstić information content (AvgIpc) is 2.30. The summed E-state index contributed by atoms with van der Waals surface area (Å²) < 4.78 is 11.5. The lowest BCUT2D eigenvalue weighted by Crippen LogP contribution is -2.01. The van der Waals surface area contributed by atoms with Crippen LogP contribution in [-0.4, -0.2) is 14.2 Å². The van der Waals surface area contributed by atoms with Crippen LogP contribution in [0.4, 0.5) is 0 Å². The Hall–Kier alpha value is -1.21. The standard InChI is InChI=1S/C12H14BrNO2/c1-4-8-9(5-6-14)10(13)7-11(15-2)12(8)16-3/h7H,4-5H2,1-3H3. The van der Waals surface area contributed by atoms with Gasteiger partial charge in [0.15, 0.2) is 11.5 Å². The number of nitrogens with zero attached hydrogens (tertiary/aromatic N) is 1. The number of methoxy groups -OCH3 is 2. The molecule has 0 heterocycles. The van der Waals surface area contributed by atoms with Crippen LogP contribution in [0.25, 0.3) is 0 Å². The van der Waals surface area contributed by atoms with E-state index < -0.39 is 0 Å². The number of ether oxygens (including phenoxy) is 2. The summed E-state index contributed by atoms with van der Waals surface area (Å²) in [5.41, 5.74) is 2.00. The fraction of sp³-hybridized carbons (Fsp3) is 0.417. The molecule has 16 heavy (non-hydrogen) atoms. The van der Waals surface area contributed by atoms with Gasteiger partial charge in [0.25, 0.3) is 0 Å². The van der Waals surface area contributed by atoms with Crippen molar-refractivity contribution in [3.8, 4) is 17.6 Å². The monoisotopic (exact) mass is 283 g/mol. The van der Waals surface area contributed by atoms with Gasteiger partial charge in [-0.05, 0) is 18.1 Å². The molecule has 4 heteroatoms. The van der Waals surface area contributed by atoms with E-state index in [0.717, 1.165) is 27.8 Å². The molecule has 1 aromatic carbocycles. The molecule has 0 amide bonds. The Morgan fingerprint density at radius 1 is 1.31 bits per heavy atom. The highest BCUT2D eigenvalue weighted by molar-refractivity contribution is 9.10. The fourth-order valence-electron chi connectivity index (χ4n) is 1.72. The number of nitriles is 1. The maximum Gasteiger partial charge on any atom is 0.164 e. The molecule has 0 atom stereocenters. The summed E-state index contributed by atoms with van der Waals surface area (Å²) in [6, 6.07) is 4.00. The van der Waals surface area contributed by atoms with Crippen molar-refractivity contribution in [3.05, 3.63) is 21.7 Å². The highest BCUT2D eigenvalue weighted by Crippen LogP contribution is 2.38. The average molecular weight is 284 g/mol. The van der Waals surface area contributed by atoms with E-state index in [1.54, 1.807) is 14.2 Å². The normalized spacial score (nSPS) is 9.69. The van der Waals surface area contributed by atoms with Crippen LogP contribution in [0.15, 0.2) is 10.5 Å². The van der Waals surface area contributed by atoms with E-state index in [1.807, 2.05) is 13.0 Å². The van der Waals surface area contributed by atoms with Gasteiger partial charge in [-0.25, -0.2) is 0 Å². The van der Waals surface area contributed by atoms with Crippen molar-refractivity contribution >= 4 is 15.9 Å². The minimum atomic E-state index is 0.365. The van der Waals surface area contributed by atoms with Gasteiger partial charge in [-0.15, -0.1) is 0 Å². The number of benzene rings is 1. The summed E-state index contributed by atoms with van der Waals surface area (Å²) in [7, 11) is 3.22. The van der Waals surface area contributed by atoms with Crippen LogP contribution in [0.2, 0.25) is 0 Å². The van der Waals surface area contributed by atoms with Gasteiger partial charge in [0.2, 0.25) is 0 Å². The smallest absolute Gasteiger partial charge is 0.164 e. The van der Waals surface area contributed by atoms with Crippen molar-refractivity contribution in [1.82, 2.24) is 0 Å². The first kappa shape index (κ1) is 12.9.